The molecule has 0 unspecified atom stereocenters. The summed E-state index contributed by atoms with van der Waals surface area (Å²) in [6, 6.07) is 16.0. The van der Waals surface area contributed by atoms with Crippen molar-refractivity contribution in [2.45, 2.75) is 36.2 Å². The number of aryl methyl sites for hydroxylation is 1. The van der Waals surface area contributed by atoms with E-state index in [0.29, 0.717) is 23.3 Å². The van der Waals surface area contributed by atoms with Gasteiger partial charge in [0.1, 0.15) is 30.5 Å². The van der Waals surface area contributed by atoms with Crippen molar-refractivity contribution in [1.29, 1.82) is 0 Å². The second-order valence-electron chi connectivity index (χ2n) is 6.89. The first-order valence-corrected chi connectivity index (χ1v) is 12.7. The lowest BCUT2D eigenvalue weighted by Gasteiger charge is -2.09. The summed E-state index contributed by atoms with van der Waals surface area (Å²) in [7, 11) is -3.56. The molecule has 0 spiro atoms. The van der Waals surface area contributed by atoms with Crippen molar-refractivity contribution in [3.8, 4) is 5.75 Å². The SMILES string of the molecule is CCn1c(CS(=O)(=O)c2ccc(C)cc2)nnc1SCC(=O)OCCOc1ccccc1. The van der Waals surface area contributed by atoms with E-state index in [1.807, 2.05) is 44.2 Å². The summed E-state index contributed by atoms with van der Waals surface area (Å²) in [6.07, 6.45) is 0. The van der Waals surface area contributed by atoms with Crippen molar-refractivity contribution in [3.05, 3.63) is 66.0 Å². The molecule has 8 nitrogen and oxygen atoms in total. The number of thioether (sulfide) groups is 1. The van der Waals surface area contributed by atoms with Gasteiger partial charge in [-0.15, -0.1) is 10.2 Å². The average Bonchev–Trinajstić information content (AvgIpc) is 3.17. The summed E-state index contributed by atoms with van der Waals surface area (Å²) in [5, 5.41) is 8.58. The minimum atomic E-state index is -3.56. The number of ether oxygens (including phenoxy) is 2. The van der Waals surface area contributed by atoms with Crippen LogP contribution in [-0.2, 0) is 31.7 Å². The Balaban J connectivity index is 1.52. The zero-order chi connectivity index (χ0) is 23.0. The molecule has 1 heterocycles. The molecule has 0 fully saturated rings. The Morgan fingerprint density at radius 2 is 1.75 bits per heavy atom. The third-order valence-corrected chi connectivity index (χ3v) is 7.06. The number of hydrogen-bond acceptors (Lipinski definition) is 8. The first kappa shape index (κ1) is 23.8. The van der Waals surface area contributed by atoms with Gasteiger partial charge in [-0.25, -0.2) is 8.42 Å². The predicted octanol–water partition coefficient (Wildman–Crippen LogP) is 3.29. The van der Waals surface area contributed by atoms with E-state index < -0.39 is 15.8 Å². The van der Waals surface area contributed by atoms with Crippen molar-refractivity contribution in [2.75, 3.05) is 19.0 Å². The smallest absolute Gasteiger partial charge is 0.316 e. The highest BCUT2D eigenvalue weighted by molar-refractivity contribution is 7.99. The van der Waals surface area contributed by atoms with Gasteiger partial charge in [-0.1, -0.05) is 47.7 Å². The lowest BCUT2D eigenvalue weighted by Crippen LogP contribution is -2.14. The minimum absolute atomic E-state index is 0.0359. The van der Waals surface area contributed by atoms with E-state index in [1.54, 1.807) is 28.8 Å². The molecule has 32 heavy (non-hydrogen) atoms. The third-order valence-electron chi connectivity index (χ3n) is 4.49. The van der Waals surface area contributed by atoms with Crippen LogP contribution >= 0.6 is 11.8 Å². The molecule has 0 radical (unpaired) electrons. The Kier molecular flexibility index (Phi) is 8.29. The standard InChI is InChI=1S/C22H25N3O5S2/c1-3-25-20(16-32(27,28)19-11-9-17(2)10-12-19)23-24-22(25)31-15-21(26)30-14-13-29-18-7-5-4-6-8-18/h4-12H,3,13-16H2,1-2H3. The van der Waals surface area contributed by atoms with Crippen molar-refractivity contribution in [3.63, 3.8) is 0 Å². The topological polar surface area (TPSA) is 100 Å². The third kappa shape index (κ3) is 6.57. The Morgan fingerprint density at radius 1 is 1.03 bits per heavy atom. The second-order valence-corrected chi connectivity index (χ2v) is 9.82. The number of carbonyl (C=O) groups is 1. The van der Waals surface area contributed by atoms with Gasteiger partial charge in [-0.2, -0.15) is 0 Å². The molecule has 0 aliphatic carbocycles. The van der Waals surface area contributed by atoms with Gasteiger partial charge in [0.25, 0.3) is 0 Å². The summed E-state index contributed by atoms with van der Waals surface area (Å²) < 4.78 is 37.8. The molecule has 10 heteroatoms. The molecule has 0 aliphatic heterocycles. The largest absolute Gasteiger partial charge is 0.490 e. The monoisotopic (exact) mass is 475 g/mol. The summed E-state index contributed by atoms with van der Waals surface area (Å²) in [5.41, 5.74) is 0.984. The van der Waals surface area contributed by atoms with E-state index in [1.165, 1.54) is 0 Å². The molecule has 3 rings (SSSR count). The quantitative estimate of drug-likeness (QED) is 0.237. The maximum absolute atomic E-state index is 12.7. The second kappa shape index (κ2) is 11.1. The van der Waals surface area contributed by atoms with Gasteiger partial charge >= 0.3 is 5.97 Å². The van der Waals surface area contributed by atoms with E-state index in [2.05, 4.69) is 10.2 Å². The van der Waals surface area contributed by atoms with Crippen LogP contribution in [0.4, 0.5) is 0 Å². The molecule has 0 amide bonds. The van der Waals surface area contributed by atoms with Gasteiger partial charge in [-0.05, 0) is 38.1 Å². The van der Waals surface area contributed by atoms with Crippen LogP contribution in [0.3, 0.4) is 0 Å². The van der Waals surface area contributed by atoms with Crippen LogP contribution < -0.4 is 4.74 Å². The van der Waals surface area contributed by atoms with Gasteiger partial charge in [0.2, 0.25) is 0 Å². The lowest BCUT2D eigenvalue weighted by molar-refractivity contribution is -0.141. The molecule has 0 bridgehead atoms. The Morgan fingerprint density at radius 3 is 2.44 bits per heavy atom. The molecule has 3 aromatic rings. The fourth-order valence-electron chi connectivity index (χ4n) is 2.85. The van der Waals surface area contributed by atoms with Gasteiger partial charge in [-0.3, -0.25) is 4.79 Å². The number of para-hydroxylation sites is 1. The molecule has 0 saturated heterocycles. The first-order chi connectivity index (χ1) is 15.4. The van der Waals surface area contributed by atoms with Gasteiger partial charge in [0.15, 0.2) is 15.0 Å². The van der Waals surface area contributed by atoms with Crippen LogP contribution in [0, 0.1) is 6.92 Å². The van der Waals surface area contributed by atoms with Crippen LogP contribution in [0.1, 0.15) is 18.3 Å². The molecule has 0 aliphatic rings. The minimum Gasteiger partial charge on any atom is -0.490 e. The van der Waals surface area contributed by atoms with Gasteiger partial charge in [0, 0.05) is 6.54 Å². The number of rotatable bonds is 11. The number of hydrogen-bond donors (Lipinski definition) is 0. The molecular weight excluding hydrogens is 450 g/mol. The lowest BCUT2D eigenvalue weighted by atomic mass is 10.2. The van der Waals surface area contributed by atoms with Crippen LogP contribution in [0.5, 0.6) is 5.75 Å². The average molecular weight is 476 g/mol. The summed E-state index contributed by atoms with van der Waals surface area (Å²) in [6.45, 7) is 4.64. The van der Waals surface area contributed by atoms with Crippen molar-refractivity contribution in [1.82, 2.24) is 14.8 Å². The van der Waals surface area contributed by atoms with Crippen molar-refractivity contribution < 1.29 is 22.7 Å². The highest BCUT2D eigenvalue weighted by Crippen LogP contribution is 2.21. The molecular formula is C22H25N3O5S2. The first-order valence-electron chi connectivity index (χ1n) is 10.1. The number of aromatic nitrogens is 3. The molecule has 0 N–H and O–H groups in total. The normalized spacial score (nSPS) is 11.3. The number of carbonyl (C=O) groups excluding carboxylic acids is 1. The van der Waals surface area contributed by atoms with Crippen molar-refractivity contribution >= 4 is 27.6 Å². The molecule has 0 saturated carbocycles. The Hall–Kier alpha value is -2.85. The fraction of sp³-hybridized carbons (Fsp3) is 0.318. The van der Waals surface area contributed by atoms with E-state index >= 15 is 0 Å². The number of benzene rings is 2. The highest BCUT2D eigenvalue weighted by atomic mass is 32.2. The van der Waals surface area contributed by atoms with Gasteiger partial charge in [0.05, 0.1) is 10.6 Å². The van der Waals surface area contributed by atoms with Crippen LogP contribution in [-0.4, -0.2) is 48.1 Å². The molecule has 0 atom stereocenters. The number of esters is 1. The number of nitrogens with zero attached hydrogens (tertiary/aromatic N) is 3. The number of sulfone groups is 1. The summed E-state index contributed by atoms with van der Waals surface area (Å²) in [4.78, 5) is 12.3. The van der Waals surface area contributed by atoms with E-state index in [4.69, 9.17) is 9.47 Å². The van der Waals surface area contributed by atoms with E-state index in [9.17, 15) is 13.2 Å². The molecule has 1 aromatic heterocycles. The van der Waals surface area contributed by atoms with E-state index in [-0.39, 0.29) is 29.6 Å². The van der Waals surface area contributed by atoms with Crippen molar-refractivity contribution in [2.24, 2.45) is 0 Å². The van der Waals surface area contributed by atoms with Gasteiger partial charge < -0.3 is 14.0 Å². The zero-order valence-corrected chi connectivity index (χ0v) is 19.6. The van der Waals surface area contributed by atoms with Crippen LogP contribution in [0.15, 0.2) is 64.6 Å². The summed E-state index contributed by atoms with van der Waals surface area (Å²) >= 11 is 1.16. The Bertz CT molecular complexity index is 1130. The zero-order valence-electron chi connectivity index (χ0n) is 17.9. The maximum atomic E-state index is 12.7. The predicted molar refractivity (Wildman–Crippen MR) is 121 cm³/mol. The molecule has 2 aromatic carbocycles. The molecule has 170 valence electrons. The highest BCUT2D eigenvalue weighted by Gasteiger charge is 2.21. The fourth-order valence-corrected chi connectivity index (χ4v) is 4.94. The Labute approximate surface area is 191 Å². The maximum Gasteiger partial charge on any atom is 0.316 e. The summed E-state index contributed by atoms with van der Waals surface area (Å²) in [5.74, 6) is 0.404. The van der Waals surface area contributed by atoms with E-state index in [0.717, 1.165) is 17.3 Å². The van der Waals surface area contributed by atoms with Crippen LogP contribution in [0.25, 0.3) is 0 Å². The van der Waals surface area contributed by atoms with Crippen LogP contribution in [0.2, 0.25) is 0 Å².